The maximum atomic E-state index is 12.4. The molecule has 1 saturated heterocycles. The van der Waals surface area contributed by atoms with E-state index in [1.807, 2.05) is 4.90 Å². The molecule has 6 heteroatoms. The minimum atomic E-state index is 0.206. The summed E-state index contributed by atoms with van der Waals surface area (Å²) in [4.78, 5) is 16.6. The Kier molecular flexibility index (Phi) is 3.77. The van der Waals surface area contributed by atoms with Crippen molar-refractivity contribution in [1.29, 1.82) is 0 Å². The lowest BCUT2D eigenvalue weighted by Gasteiger charge is -2.36. The van der Waals surface area contributed by atoms with Crippen molar-refractivity contribution in [2.45, 2.75) is 19.3 Å². The van der Waals surface area contributed by atoms with Crippen molar-refractivity contribution in [2.24, 2.45) is 5.92 Å². The zero-order chi connectivity index (χ0) is 13.1. The molecular formula is C13H18N4OS. The summed E-state index contributed by atoms with van der Waals surface area (Å²) in [5, 5.41) is 0. The van der Waals surface area contributed by atoms with Crippen LogP contribution in [0.3, 0.4) is 0 Å². The first-order valence-electron chi connectivity index (χ1n) is 6.81. The van der Waals surface area contributed by atoms with Crippen molar-refractivity contribution in [3.05, 3.63) is 18.3 Å². The van der Waals surface area contributed by atoms with Crippen LogP contribution in [0.25, 0.3) is 0 Å². The fraction of sp³-hybridized carbons (Fsp3) is 0.615. The Morgan fingerprint density at radius 1 is 1.26 bits per heavy atom. The lowest BCUT2D eigenvalue weighted by Crippen LogP contribution is -2.50. The van der Waals surface area contributed by atoms with Gasteiger partial charge in [0.15, 0.2) is 5.82 Å². The number of hydrogen-bond acceptors (Lipinski definition) is 5. The predicted molar refractivity (Wildman–Crippen MR) is 75.2 cm³/mol. The van der Waals surface area contributed by atoms with E-state index in [1.165, 1.54) is 11.7 Å². The van der Waals surface area contributed by atoms with Gasteiger partial charge in [0.2, 0.25) is 5.91 Å². The molecule has 1 fully saturated rings. The van der Waals surface area contributed by atoms with Crippen LogP contribution in [0.1, 0.15) is 19.3 Å². The number of amides is 1. The molecule has 3 rings (SSSR count). The Bertz CT molecular complexity index is 451. The molecule has 0 spiro atoms. The number of nitrogens with zero attached hydrogens (tertiary/aromatic N) is 4. The van der Waals surface area contributed by atoms with Crippen LogP contribution in [0.4, 0.5) is 5.82 Å². The first kappa shape index (κ1) is 12.6. The Labute approximate surface area is 117 Å². The Hall–Kier alpha value is -1.43. The fourth-order valence-electron chi connectivity index (χ4n) is 2.73. The van der Waals surface area contributed by atoms with Crippen LogP contribution in [0.2, 0.25) is 0 Å². The molecule has 1 aliphatic carbocycles. The smallest absolute Gasteiger partial charge is 0.226 e. The molecule has 0 bridgehead atoms. The number of allylic oxidation sites excluding steroid dienone is 2. The molecule has 1 aromatic heterocycles. The van der Waals surface area contributed by atoms with Gasteiger partial charge < -0.3 is 9.80 Å². The summed E-state index contributed by atoms with van der Waals surface area (Å²) < 4.78 is 8.27. The summed E-state index contributed by atoms with van der Waals surface area (Å²) in [7, 11) is 0. The maximum absolute atomic E-state index is 12.4. The van der Waals surface area contributed by atoms with Crippen LogP contribution in [0.5, 0.6) is 0 Å². The monoisotopic (exact) mass is 278 g/mol. The fourth-order valence-corrected chi connectivity index (χ4v) is 3.17. The molecule has 5 nitrogen and oxygen atoms in total. The van der Waals surface area contributed by atoms with Gasteiger partial charge in [0.1, 0.15) is 0 Å². The number of rotatable bonds is 2. The van der Waals surface area contributed by atoms with Crippen LogP contribution in [-0.4, -0.2) is 45.7 Å². The van der Waals surface area contributed by atoms with E-state index in [-0.39, 0.29) is 5.92 Å². The molecule has 0 saturated carbocycles. The summed E-state index contributed by atoms with van der Waals surface area (Å²) in [5.41, 5.74) is 0. The molecule has 1 aromatic rings. The minimum absolute atomic E-state index is 0.206. The summed E-state index contributed by atoms with van der Waals surface area (Å²) in [5.74, 6) is 1.48. The SMILES string of the molecule is O=C([C@@H]1CC=CCC1)N1CCN(c2cnsn2)CC1. The molecule has 19 heavy (non-hydrogen) atoms. The van der Waals surface area contributed by atoms with Gasteiger partial charge >= 0.3 is 0 Å². The summed E-state index contributed by atoms with van der Waals surface area (Å²) in [6.07, 6.45) is 9.08. The first-order chi connectivity index (χ1) is 9.34. The van der Waals surface area contributed by atoms with Crippen molar-refractivity contribution in [2.75, 3.05) is 31.1 Å². The lowest BCUT2D eigenvalue weighted by molar-refractivity contribution is -0.136. The van der Waals surface area contributed by atoms with Gasteiger partial charge in [0, 0.05) is 32.1 Å². The van der Waals surface area contributed by atoms with Gasteiger partial charge in [-0.3, -0.25) is 4.79 Å². The zero-order valence-electron chi connectivity index (χ0n) is 10.9. The molecule has 0 radical (unpaired) electrons. The Balaban J connectivity index is 1.55. The number of anilines is 1. The van der Waals surface area contributed by atoms with Gasteiger partial charge in [-0.15, -0.1) is 0 Å². The highest BCUT2D eigenvalue weighted by molar-refractivity contribution is 6.99. The highest BCUT2D eigenvalue weighted by atomic mass is 32.1. The van der Waals surface area contributed by atoms with Gasteiger partial charge in [-0.1, -0.05) is 12.2 Å². The molecule has 102 valence electrons. The Morgan fingerprint density at radius 2 is 2.11 bits per heavy atom. The predicted octanol–water partition coefficient (Wildman–Crippen LogP) is 1.54. The van der Waals surface area contributed by atoms with Gasteiger partial charge in [-0.2, -0.15) is 8.75 Å². The second-order valence-corrected chi connectivity index (χ2v) is 5.62. The molecule has 1 amide bonds. The van der Waals surface area contributed by atoms with E-state index in [0.29, 0.717) is 5.91 Å². The topological polar surface area (TPSA) is 49.3 Å². The standard InChI is InChI=1S/C13H18N4OS/c18-13(11-4-2-1-3-5-11)17-8-6-16(7-9-17)12-10-14-19-15-12/h1-2,10-11H,3-9H2/t11-/m1/s1. The highest BCUT2D eigenvalue weighted by Crippen LogP contribution is 2.22. The van der Waals surface area contributed by atoms with E-state index < -0.39 is 0 Å². The average molecular weight is 278 g/mol. The highest BCUT2D eigenvalue weighted by Gasteiger charge is 2.27. The van der Waals surface area contributed by atoms with Crippen LogP contribution in [0.15, 0.2) is 18.3 Å². The number of hydrogen-bond donors (Lipinski definition) is 0. The third kappa shape index (κ3) is 2.78. The first-order valence-corrected chi connectivity index (χ1v) is 7.54. The van der Waals surface area contributed by atoms with Crippen molar-refractivity contribution in [3.8, 4) is 0 Å². The van der Waals surface area contributed by atoms with Gasteiger partial charge in [0.05, 0.1) is 17.9 Å². The second-order valence-electron chi connectivity index (χ2n) is 5.06. The molecule has 2 aliphatic rings. The molecule has 1 aliphatic heterocycles. The van der Waals surface area contributed by atoms with Crippen LogP contribution < -0.4 is 4.90 Å². The minimum Gasteiger partial charge on any atom is -0.351 e. The van der Waals surface area contributed by atoms with Gasteiger partial charge in [-0.25, -0.2) is 0 Å². The van der Waals surface area contributed by atoms with Crippen molar-refractivity contribution in [1.82, 2.24) is 13.6 Å². The summed E-state index contributed by atoms with van der Waals surface area (Å²) in [6.45, 7) is 3.33. The van der Waals surface area contributed by atoms with Crippen molar-refractivity contribution >= 4 is 23.5 Å². The van der Waals surface area contributed by atoms with Crippen LogP contribution >= 0.6 is 11.7 Å². The normalized spacial score (nSPS) is 23.7. The third-order valence-corrected chi connectivity index (χ3v) is 4.35. The molecule has 1 atom stereocenters. The molecule has 0 N–H and O–H groups in total. The molecule has 0 aromatic carbocycles. The lowest BCUT2D eigenvalue weighted by atomic mass is 9.93. The van der Waals surface area contributed by atoms with E-state index in [4.69, 9.17) is 0 Å². The zero-order valence-corrected chi connectivity index (χ0v) is 11.7. The van der Waals surface area contributed by atoms with E-state index in [0.717, 1.165) is 51.3 Å². The number of aromatic nitrogens is 2. The number of carbonyl (C=O) groups excluding carboxylic acids is 1. The maximum Gasteiger partial charge on any atom is 0.226 e. The van der Waals surface area contributed by atoms with E-state index in [1.54, 1.807) is 6.20 Å². The number of piperazine rings is 1. The quantitative estimate of drug-likeness (QED) is 0.770. The van der Waals surface area contributed by atoms with Crippen LogP contribution in [0, 0.1) is 5.92 Å². The molecule has 0 unspecified atom stereocenters. The molecule has 2 heterocycles. The second kappa shape index (κ2) is 5.69. The number of carbonyl (C=O) groups is 1. The summed E-state index contributed by atoms with van der Waals surface area (Å²) >= 11 is 1.23. The van der Waals surface area contributed by atoms with Crippen LogP contribution in [-0.2, 0) is 4.79 Å². The Morgan fingerprint density at radius 3 is 2.74 bits per heavy atom. The third-order valence-electron chi connectivity index (χ3n) is 3.88. The van der Waals surface area contributed by atoms with Gasteiger partial charge in [0.25, 0.3) is 0 Å². The van der Waals surface area contributed by atoms with Crippen molar-refractivity contribution in [3.63, 3.8) is 0 Å². The van der Waals surface area contributed by atoms with E-state index in [2.05, 4.69) is 25.8 Å². The van der Waals surface area contributed by atoms with Crippen molar-refractivity contribution < 1.29 is 4.79 Å². The summed E-state index contributed by atoms with van der Waals surface area (Å²) in [6, 6.07) is 0. The van der Waals surface area contributed by atoms with Gasteiger partial charge in [-0.05, 0) is 19.3 Å². The van der Waals surface area contributed by atoms with E-state index >= 15 is 0 Å². The van der Waals surface area contributed by atoms with E-state index in [9.17, 15) is 4.79 Å². The average Bonchev–Trinajstić information content (AvgIpc) is 3.02. The molecular weight excluding hydrogens is 260 g/mol. The largest absolute Gasteiger partial charge is 0.351 e.